The van der Waals surface area contributed by atoms with E-state index in [0.717, 1.165) is 23.7 Å². The van der Waals surface area contributed by atoms with Crippen molar-refractivity contribution in [1.29, 1.82) is 0 Å². The van der Waals surface area contributed by atoms with Gasteiger partial charge in [-0.15, -0.1) is 11.3 Å². The van der Waals surface area contributed by atoms with Gasteiger partial charge in [-0.1, -0.05) is 42.5 Å². The Morgan fingerprint density at radius 2 is 1.91 bits per heavy atom. The fourth-order valence-corrected chi connectivity index (χ4v) is 3.40. The predicted octanol–water partition coefficient (Wildman–Crippen LogP) is 4.98. The van der Waals surface area contributed by atoms with Crippen LogP contribution in [0.2, 0.25) is 0 Å². The molecule has 4 aromatic rings. The average molecular weight is 319 g/mol. The summed E-state index contributed by atoms with van der Waals surface area (Å²) in [5.74, 6) is 1.05. The van der Waals surface area contributed by atoms with E-state index in [-0.39, 0.29) is 0 Å². The summed E-state index contributed by atoms with van der Waals surface area (Å²) in [4.78, 5) is 6.00. The van der Waals surface area contributed by atoms with E-state index >= 15 is 0 Å². The van der Waals surface area contributed by atoms with Crippen molar-refractivity contribution < 1.29 is 0 Å². The van der Waals surface area contributed by atoms with Crippen molar-refractivity contribution in [2.24, 2.45) is 0 Å². The van der Waals surface area contributed by atoms with E-state index in [2.05, 4.69) is 76.7 Å². The second-order valence-corrected chi connectivity index (χ2v) is 6.51. The molecule has 0 aliphatic carbocycles. The zero-order valence-corrected chi connectivity index (χ0v) is 13.7. The fraction of sp³-hybridized carbons (Fsp3) is 0.105. The first-order chi connectivity index (χ1) is 11.3. The minimum Gasteiger partial charge on any atom is -0.365 e. The molecule has 0 saturated carbocycles. The van der Waals surface area contributed by atoms with Gasteiger partial charge in [-0.25, -0.2) is 4.98 Å². The molecule has 3 heterocycles. The standard InChI is InChI=1S/C19H17N3S/c1-14-9-10-17-21-18(16-8-5-11-23-16)19(22(17)13-14)20-12-15-6-3-2-4-7-15/h2-11,13,20H,12H2,1H3. The second-order valence-electron chi connectivity index (χ2n) is 5.56. The Bertz CT molecular complexity index is 924. The van der Waals surface area contributed by atoms with E-state index in [1.807, 2.05) is 6.07 Å². The van der Waals surface area contributed by atoms with Crippen LogP contribution in [0.25, 0.3) is 16.2 Å². The Kier molecular flexibility index (Phi) is 3.60. The Hall–Kier alpha value is -2.59. The molecule has 4 rings (SSSR count). The van der Waals surface area contributed by atoms with Crippen molar-refractivity contribution >= 4 is 22.8 Å². The van der Waals surface area contributed by atoms with E-state index in [4.69, 9.17) is 4.98 Å². The van der Waals surface area contributed by atoms with Gasteiger partial charge in [-0.3, -0.25) is 4.40 Å². The van der Waals surface area contributed by atoms with Gasteiger partial charge in [0.2, 0.25) is 0 Å². The summed E-state index contributed by atoms with van der Waals surface area (Å²) in [6, 6.07) is 18.8. The maximum Gasteiger partial charge on any atom is 0.139 e. The number of thiophene rings is 1. The van der Waals surface area contributed by atoms with Crippen molar-refractivity contribution in [3.8, 4) is 10.6 Å². The van der Waals surface area contributed by atoms with E-state index in [0.29, 0.717) is 0 Å². The fourth-order valence-electron chi connectivity index (χ4n) is 2.69. The average Bonchev–Trinajstić information content (AvgIpc) is 3.21. The summed E-state index contributed by atoms with van der Waals surface area (Å²) in [7, 11) is 0. The molecule has 0 spiro atoms. The molecule has 0 fully saturated rings. The van der Waals surface area contributed by atoms with Crippen LogP contribution in [-0.4, -0.2) is 9.38 Å². The number of aromatic nitrogens is 2. The normalized spacial score (nSPS) is 11.0. The van der Waals surface area contributed by atoms with Crippen LogP contribution in [0.15, 0.2) is 66.2 Å². The molecule has 4 heteroatoms. The molecule has 0 bridgehead atoms. The summed E-state index contributed by atoms with van der Waals surface area (Å²) in [5, 5.41) is 5.66. The van der Waals surface area contributed by atoms with Crippen LogP contribution < -0.4 is 5.32 Å². The van der Waals surface area contributed by atoms with Crippen LogP contribution in [-0.2, 0) is 6.54 Å². The zero-order valence-electron chi connectivity index (χ0n) is 12.9. The number of rotatable bonds is 4. The first kappa shape index (κ1) is 14.0. The van der Waals surface area contributed by atoms with Crippen LogP contribution in [0.1, 0.15) is 11.1 Å². The molecular weight excluding hydrogens is 302 g/mol. The largest absolute Gasteiger partial charge is 0.365 e. The van der Waals surface area contributed by atoms with E-state index in [1.54, 1.807) is 11.3 Å². The van der Waals surface area contributed by atoms with Crippen LogP contribution >= 0.6 is 11.3 Å². The monoisotopic (exact) mass is 319 g/mol. The highest BCUT2D eigenvalue weighted by Crippen LogP contribution is 2.32. The number of anilines is 1. The number of benzene rings is 1. The molecule has 0 radical (unpaired) electrons. The molecule has 3 aromatic heterocycles. The van der Waals surface area contributed by atoms with Crippen molar-refractivity contribution in [3.63, 3.8) is 0 Å². The van der Waals surface area contributed by atoms with Gasteiger partial charge in [0.1, 0.15) is 17.2 Å². The van der Waals surface area contributed by atoms with Crippen molar-refractivity contribution in [2.75, 3.05) is 5.32 Å². The lowest BCUT2D eigenvalue weighted by atomic mass is 10.2. The highest BCUT2D eigenvalue weighted by Gasteiger charge is 2.14. The highest BCUT2D eigenvalue weighted by atomic mass is 32.1. The lowest BCUT2D eigenvalue weighted by molar-refractivity contribution is 1.08. The van der Waals surface area contributed by atoms with Gasteiger partial charge in [0.05, 0.1) is 4.88 Å². The number of hydrogen-bond acceptors (Lipinski definition) is 3. The third-order valence-electron chi connectivity index (χ3n) is 3.82. The number of imidazole rings is 1. The molecule has 1 N–H and O–H groups in total. The second kappa shape index (κ2) is 5.89. The minimum absolute atomic E-state index is 0.779. The molecule has 0 unspecified atom stereocenters. The van der Waals surface area contributed by atoms with E-state index in [9.17, 15) is 0 Å². The zero-order chi connectivity index (χ0) is 15.6. The third-order valence-corrected chi connectivity index (χ3v) is 4.70. The number of pyridine rings is 1. The van der Waals surface area contributed by atoms with E-state index < -0.39 is 0 Å². The van der Waals surface area contributed by atoms with Crippen LogP contribution in [0.3, 0.4) is 0 Å². The van der Waals surface area contributed by atoms with Gasteiger partial charge < -0.3 is 5.32 Å². The molecule has 0 saturated heterocycles. The van der Waals surface area contributed by atoms with Gasteiger partial charge in [-0.2, -0.15) is 0 Å². The number of nitrogens with one attached hydrogen (secondary N) is 1. The molecule has 1 aromatic carbocycles. The maximum absolute atomic E-state index is 4.82. The van der Waals surface area contributed by atoms with Crippen LogP contribution in [0.5, 0.6) is 0 Å². The smallest absolute Gasteiger partial charge is 0.139 e. The molecule has 0 aliphatic heterocycles. The van der Waals surface area contributed by atoms with Crippen molar-refractivity contribution in [1.82, 2.24) is 9.38 Å². The van der Waals surface area contributed by atoms with Crippen LogP contribution in [0.4, 0.5) is 5.82 Å². The van der Waals surface area contributed by atoms with Crippen LogP contribution in [0, 0.1) is 6.92 Å². The maximum atomic E-state index is 4.82. The van der Waals surface area contributed by atoms with Gasteiger partial charge >= 0.3 is 0 Å². The molecule has 3 nitrogen and oxygen atoms in total. The minimum atomic E-state index is 0.779. The third kappa shape index (κ3) is 2.73. The molecule has 23 heavy (non-hydrogen) atoms. The lowest BCUT2D eigenvalue weighted by Crippen LogP contribution is -2.03. The Morgan fingerprint density at radius 1 is 1.04 bits per heavy atom. The number of aryl methyl sites for hydroxylation is 1. The van der Waals surface area contributed by atoms with Gasteiger partial charge in [0, 0.05) is 12.7 Å². The summed E-state index contributed by atoms with van der Waals surface area (Å²) >= 11 is 1.72. The van der Waals surface area contributed by atoms with Crippen molar-refractivity contribution in [2.45, 2.75) is 13.5 Å². The first-order valence-electron chi connectivity index (χ1n) is 7.61. The summed E-state index contributed by atoms with van der Waals surface area (Å²) < 4.78 is 2.15. The van der Waals surface area contributed by atoms with Gasteiger partial charge in [0.15, 0.2) is 0 Å². The Balaban J connectivity index is 1.79. The molecule has 0 amide bonds. The number of hydrogen-bond donors (Lipinski definition) is 1. The number of fused-ring (bicyclic) bond motifs is 1. The molecule has 114 valence electrons. The van der Waals surface area contributed by atoms with E-state index in [1.165, 1.54) is 16.0 Å². The summed E-state index contributed by atoms with van der Waals surface area (Å²) in [5.41, 5.74) is 4.46. The van der Waals surface area contributed by atoms with Gasteiger partial charge in [-0.05, 0) is 35.6 Å². The molecule has 0 aliphatic rings. The quantitative estimate of drug-likeness (QED) is 0.574. The Morgan fingerprint density at radius 3 is 2.70 bits per heavy atom. The van der Waals surface area contributed by atoms with Gasteiger partial charge in [0.25, 0.3) is 0 Å². The molecular formula is C19H17N3S. The predicted molar refractivity (Wildman–Crippen MR) is 97.0 cm³/mol. The lowest BCUT2D eigenvalue weighted by Gasteiger charge is -2.08. The summed E-state index contributed by atoms with van der Waals surface area (Å²) in [6.07, 6.45) is 2.13. The number of nitrogens with zero attached hydrogens (tertiary/aromatic N) is 2. The molecule has 0 atom stereocenters. The topological polar surface area (TPSA) is 29.3 Å². The first-order valence-corrected chi connectivity index (χ1v) is 8.49. The summed E-state index contributed by atoms with van der Waals surface area (Å²) in [6.45, 7) is 2.88. The SMILES string of the molecule is Cc1ccc2nc(-c3cccs3)c(NCc3ccccc3)n2c1. The Labute approximate surface area is 139 Å². The van der Waals surface area contributed by atoms with Crippen molar-refractivity contribution in [3.05, 3.63) is 77.3 Å². The highest BCUT2D eigenvalue weighted by molar-refractivity contribution is 7.13.